The fourth-order valence-corrected chi connectivity index (χ4v) is 5.37. The SMILES string of the molecule is COc1cc(C(=O)N2CCCC[C@H]2C#CC#Cc2cccc3c2CN(C2CCC(=O)NC2=O)C3=O)ccc1[N+](=O)[O-]. The third-order valence-electron chi connectivity index (χ3n) is 7.47. The lowest BCUT2D eigenvalue weighted by Gasteiger charge is -2.32. The van der Waals surface area contributed by atoms with Crippen LogP contribution in [0.5, 0.6) is 5.75 Å². The topological polar surface area (TPSA) is 139 Å². The van der Waals surface area contributed by atoms with Crippen LogP contribution in [0.3, 0.4) is 0 Å². The molecule has 1 N–H and O–H groups in total. The average molecular weight is 555 g/mol. The van der Waals surface area contributed by atoms with Crippen LogP contribution in [0, 0.1) is 33.8 Å². The molecule has 0 aromatic heterocycles. The van der Waals surface area contributed by atoms with Gasteiger partial charge in [-0.15, -0.1) is 0 Å². The molecule has 0 saturated carbocycles. The fraction of sp³-hybridized carbons (Fsp3) is 0.333. The zero-order chi connectivity index (χ0) is 29.1. The molecule has 2 aromatic carbocycles. The van der Waals surface area contributed by atoms with Crippen LogP contribution in [0.25, 0.3) is 0 Å². The Bertz CT molecular complexity index is 1590. The quantitative estimate of drug-likeness (QED) is 0.265. The molecule has 1 unspecified atom stereocenters. The van der Waals surface area contributed by atoms with E-state index >= 15 is 0 Å². The molecule has 2 saturated heterocycles. The molecule has 0 spiro atoms. The van der Waals surface area contributed by atoms with Gasteiger partial charge in [0.15, 0.2) is 5.75 Å². The second kappa shape index (κ2) is 11.5. The van der Waals surface area contributed by atoms with Crippen LogP contribution in [-0.4, -0.2) is 64.1 Å². The number of nitrogens with zero attached hydrogens (tertiary/aromatic N) is 3. The number of carbonyl (C=O) groups is 4. The monoisotopic (exact) mass is 554 g/mol. The molecule has 0 radical (unpaired) electrons. The van der Waals surface area contributed by atoms with Gasteiger partial charge in [0, 0.05) is 48.3 Å². The standard InChI is InChI=1S/C30H26N4O7/c1-41-26-17-20(12-13-24(26)34(39)40)29(37)32-16-5-4-10-21(32)9-3-2-7-19-8-6-11-22-23(19)18-33(30(22)38)25-14-15-27(35)31-28(25)36/h6,8,11-13,17,21,25H,4-5,10,14-16,18H2,1H3,(H,31,35,36)/t21-,25?/m1/s1. The minimum Gasteiger partial charge on any atom is -0.490 e. The molecule has 5 rings (SSSR count). The third-order valence-corrected chi connectivity index (χ3v) is 7.47. The van der Waals surface area contributed by atoms with Crippen molar-refractivity contribution in [3.63, 3.8) is 0 Å². The van der Waals surface area contributed by atoms with Gasteiger partial charge in [0.1, 0.15) is 6.04 Å². The van der Waals surface area contributed by atoms with Crippen LogP contribution in [-0.2, 0) is 16.1 Å². The van der Waals surface area contributed by atoms with Crippen molar-refractivity contribution in [3.05, 3.63) is 68.8 Å². The van der Waals surface area contributed by atoms with E-state index < -0.39 is 16.9 Å². The number of methoxy groups -OCH3 is 1. The lowest BCUT2D eigenvalue weighted by molar-refractivity contribution is -0.385. The minimum atomic E-state index is -0.709. The number of nitro groups is 1. The van der Waals surface area contributed by atoms with E-state index in [1.807, 2.05) is 0 Å². The highest BCUT2D eigenvalue weighted by Gasteiger charge is 2.39. The molecule has 4 amide bonds. The molecular formula is C30H26N4O7. The first-order chi connectivity index (χ1) is 19.8. The fourth-order valence-electron chi connectivity index (χ4n) is 5.37. The molecule has 2 aromatic rings. The van der Waals surface area contributed by atoms with Gasteiger partial charge >= 0.3 is 5.69 Å². The van der Waals surface area contributed by atoms with Crippen LogP contribution < -0.4 is 10.1 Å². The Morgan fingerprint density at radius 2 is 1.95 bits per heavy atom. The number of nitrogens with one attached hydrogen (secondary N) is 1. The lowest BCUT2D eigenvalue weighted by atomic mass is 10.0. The van der Waals surface area contributed by atoms with Crippen LogP contribution in [0.4, 0.5) is 5.69 Å². The van der Waals surface area contributed by atoms with Gasteiger partial charge in [-0.25, -0.2) is 0 Å². The van der Waals surface area contributed by atoms with Crippen molar-refractivity contribution in [1.29, 1.82) is 0 Å². The van der Waals surface area contributed by atoms with E-state index in [9.17, 15) is 29.3 Å². The number of imide groups is 1. The summed E-state index contributed by atoms with van der Waals surface area (Å²) >= 11 is 0. The van der Waals surface area contributed by atoms with Gasteiger partial charge in [-0.3, -0.25) is 34.6 Å². The van der Waals surface area contributed by atoms with E-state index in [-0.39, 0.29) is 60.2 Å². The number of ether oxygens (including phenoxy) is 1. The Hall–Kier alpha value is -5.16. The van der Waals surface area contributed by atoms with Crippen LogP contribution in [0.1, 0.15) is 63.9 Å². The summed E-state index contributed by atoms with van der Waals surface area (Å²) < 4.78 is 5.11. The zero-order valence-electron chi connectivity index (χ0n) is 22.3. The lowest BCUT2D eigenvalue weighted by Crippen LogP contribution is -2.52. The van der Waals surface area contributed by atoms with Crippen LogP contribution in [0.2, 0.25) is 0 Å². The van der Waals surface area contributed by atoms with Crippen molar-refractivity contribution in [1.82, 2.24) is 15.1 Å². The van der Waals surface area contributed by atoms with E-state index in [4.69, 9.17) is 4.74 Å². The third kappa shape index (κ3) is 5.48. The molecule has 2 fully saturated rings. The summed E-state index contributed by atoms with van der Waals surface area (Å²) in [5, 5.41) is 13.5. The molecule has 3 aliphatic heterocycles. The van der Waals surface area contributed by atoms with Crippen molar-refractivity contribution in [2.75, 3.05) is 13.7 Å². The summed E-state index contributed by atoms with van der Waals surface area (Å²) in [6, 6.07) is 8.16. The molecule has 2 atom stereocenters. The maximum absolute atomic E-state index is 13.3. The normalized spacial score (nSPS) is 19.8. The minimum absolute atomic E-state index is 0.0106. The number of piperidine rings is 2. The van der Waals surface area contributed by atoms with Gasteiger partial charge in [0.05, 0.1) is 18.1 Å². The van der Waals surface area contributed by atoms with E-state index in [2.05, 4.69) is 29.0 Å². The van der Waals surface area contributed by atoms with Gasteiger partial charge in [0.25, 0.3) is 11.8 Å². The summed E-state index contributed by atoms with van der Waals surface area (Å²) in [7, 11) is 1.31. The van der Waals surface area contributed by atoms with E-state index in [0.717, 1.165) is 12.8 Å². The molecule has 3 aliphatic rings. The van der Waals surface area contributed by atoms with E-state index in [1.165, 1.54) is 30.2 Å². The number of hydrogen-bond acceptors (Lipinski definition) is 7. The highest BCUT2D eigenvalue weighted by Crippen LogP contribution is 2.30. The van der Waals surface area contributed by atoms with E-state index in [1.54, 1.807) is 23.1 Å². The molecule has 41 heavy (non-hydrogen) atoms. The number of fused-ring (bicyclic) bond motifs is 1. The van der Waals surface area contributed by atoms with Gasteiger partial charge in [-0.1, -0.05) is 17.9 Å². The summed E-state index contributed by atoms with van der Waals surface area (Å²) in [5.74, 6) is 10.4. The Labute approximate surface area is 236 Å². The summed E-state index contributed by atoms with van der Waals surface area (Å²) in [6.07, 6.45) is 2.83. The molecular weight excluding hydrogens is 528 g/mol. The molecule has 208 valence electrons. The van der Waals surface area contributed by atoms with Crippen molar-refractivity contribution in [2.45, 2.75) is 50.7 Å². The number of nitro benzene ring substituents is 1. The Kier molecular flexibility index (Phi) is 7.70. The number of hydrogen-bond donors (Lipinski definition) is 1. The Morgan fingerprint density at radius 1 is 1.12 bits per heavy atom. The molecule has 0 bridgehead atoms. The second-order valence-electron chi connectivity index (χ2n) is 9.90. The maximum Gasteiger partial charge on any atom is 0.310 e. The van der Waals surface area contributed by atoms with Gasteiger partial charge in [-0.2, -0.15) is 0 Å². The molecule has 11 nitrogen and oxygen atoms in total. The predicted molar refractivity (Wildman–Crippen MR) is 145 cm³/mol. The molecule has 11 heteroatoms. The summed E-state index contributed by atoms with van der Waals surface area (Å²) in [4.78, 5) is 63.9. The first kappa shape index (κ1) is 27.4. The number of likely N-dealkylation sites (tertiary alicyclic amines) is 1. The second-order valence-corrected chi connectivity index (χ2v) is 9.90. The molecule has 0 aliphatic carbocycles. The Morgan fingerprint density at radius 3 is 2.71 bits per heavy atom. The largest absolute Gasteiger partial charge is 0.490 e. The maximum atomic E-state index is 13.3. The van der Waals surface area contributed by atoms with Crippen molar-refractivity contribution in [2.24, 2.45) is 0 Å². The highest BCUT2D eigenvalue weighted by atomic mass is 16.6. The highest BCUT2D eigenvalue weighted by molar-refractivity contribution is 6.05. The Balaban J connectivity index is 1.33. The first-order valence-electron chi connectivity index (χ1n) is 13.2. The predicted octanol–water partition coefficient (Wildman–Crippen LogP) is 2.41. The van der Waals surface area contributed by atoms with Gasteiger partial charge < -0.3 is 14.5 Å². The van der Waals surface area contributed by atoms with Crippen LogP contribution in [0.15, 0.2) is 36.4 Å². The van der Waals surface area contributed by atoms with Crippen molar-refractivity contribution in [3.8, 4) is 29.4 Å². The number of benzene rings is 2. The van der Waals surface area contributed by atoms with Crippen molar-refractivity contribution >= 4 is 29.3 Å². The summed E-state index contributed by atoms with van der Waals surface area (Å²) in [5.41, 5.74) is 1.85. The van der Waals surface area contributed by atoms with Crippen LogP contribution >= 0.6 is 0 Å². The number of amides is 4. The van der Waals surface area contributed by atoms with Gasteiger partial charge in [0.2, 0.25) is 11.8 Å². The average Bonchev–Trinajstić information content (AvgIpc) is 3.31. The number of carbonyl (C=O) groups excluding carboxylic acids is 4. The number of rotatable bonds is 4. The van der Waals surface area contributed by atoms with Crippen molar-refractivity contribution < 1.29 is 28.8 Å². The molecule has 3 heterocycles. The zero-order valence-corrected chi connectivity index (χ0v) is 22.3. The smallest absolute Gasteiger partial charge is 0.310 e. The summed E-state index contributed by atoms with van der Waals surface area (Å²) in [6.45, 7) is 0.706. The first-order valence-corrected chi connectivity index (χ1v) is 13.2. The van der Waals surface area contributed by atoms with E-state index in [0.29, 0.717) is 29.7 Å². The van der Waals surface area contributed by atoms with Gasteiger partial charge in [-0.05, 0) is 61.3 Å².